The number of rotatable bonds is 5. The van der Waals surface area contributed by atoms with Crippen LogP contribution in [0.5, 0.6) is 0 Å². The van der Waals surface area contributed by atoms with Gasteiger partial charge in [0.05, 0.1) is 23.4 Å². The molecule has 136 valence electrons. The minimum Gasteiger partial charge on any atom is -0.465 e. The number of hydrogen-bond donors (Lipinski definition) is 2. The third-order valence-electron chi connectivity index (χ3n) is 4.24. The summed E-state index contributed by atoms with van der Waals surface area (Å²) in [5.41, 5.74) is 1.11. The van der Waals surface area contributed by atoms with Gasteiger partial charge in [-0.05, 0) is 43.2 Å². The number of nitrogens with one attached hydrogen (secondary N) is 2. The van der Waals surface area contributed by atoms with E-state index in [1.54, 1.807) is 30.3 Å². The molecule has 1 aliphatic carbocycles. The first-order valence-electron chi connectivity index (χ1n) is 8.36. The van der Waals surface area contributed by atoms with E-state index in [-0.39, 0.29) is 17.6 Å². The van der Waals surface area contributed by atoms with Gasteiger partial charge in [-0.3, -0.25) is 4.79 Å². The van der Waals surface area contributed by atoms with Crippen LogP contribution in [0.3, 0.4) is 0 Å². The van der Waals surface area contributed by atoms with Gasteiger partial charge in [0.25, 0.3) is 5.91 Å². The molecule has 0 bridgehead atoms. The number of ether oxygens (including phenoxy) is 1. The minimum atomic E-state index is -0.463. The number of aromatic nitrogens is 2. The summed E-state index contributed by atoms with van der Waals surface area (Å²) in [4.78, 5) is 23.8. The van der Waals surface area contributed by atoms with Gasteiger partial charge in [0, 0.05) is 6.04 Å². The van der Waals surface area contributed by atoms with Gasteiger partial charge in [-0.25, -0.2) is 4.79 Å². The minimum absolute atomic E-state index is 0.221. The highest BCUT2D eigenvalue weighted by atomic mass is 35.5. The van der Waals surface area contributed by atoms with Crippen molar-refractivity contribution in [1.29, 1.82) is 0 Å². The van der Waals surface area contributed by atoms with Crippen molar-refractivity contribution in [3.8, 4) is 0 Å². The van der Waals surface area contributed by atoms with Gasteiger partial charge in [0.2, 0.25) is 0 Å². The molecule has 0 saturated heterocycles. The topological polar surface area (TPSA) is 93.2 Å². The molecule has 26 heavy (non-hydrogen) atoms. The Bertz CT molecular complexity index is 805. The molecule has 1 aromatic carbocycles. The van der Waals surface area contributed by atoms with Crippen molar-refractivity contribution in [1.82, 2.24) is 15.5 Å². The van der Waals surface area contributed by atoms with E-state index >= 15 is 0 Å². The largest absolute Gasteiger partial charge is 0.465 e. The standard InChI is InChI=1S/C18H19ClN4O3/c1-26-18(25)11-6-7-13(19)15(10-11)21-16-9-8-14(22-23-16)17(24)20-12-4-2-3-5-12/h6-10,12H,2-5H2,1H3,(H,20,24)(H,21,23). The Hall–Kier alpha value is -2.67. The number of esters is 1. The third-order valence-corrected chi connectivity index (χ3v) is 4.57. The Morgan fingerprint density at radius 1 is 1.15 bits per heavy atom. The maximum atomic E-state index is 12.2. The molecular weight excluding hydrogens is 356 g/mol. The van der Waals surface area contributed by atoms with Gasteiger partial charge in [-0.15, -0.1) is 10.2 Å². The van der Waals surface area contributed by atoms with E-state index in [4.69, 9.17) is 16.3 Å². The third kappa shape index (κ3) is 4.29. The number of carbonyl (C=O) groups is 2. The Labute approximate surface area is 156 Å². The number of nitrogens with zero attached hydrogens (tertiary/aromatic N) is 2. The van der Waals surface area contributed by atoms with Gasteiger partial charge < -0.3 is 15.4 Å². The maximum Gasteiger partial charge on any atom is 0.337 e. The molecule has 1 aliphatic rings. The van der Waals surface area contributed by atoms with Crippen molar-refractivity contribution in [2.45, 2.75) is 31.7 Å². The van der Waals surface area contributed by atoms with Crippen molar-refractivity contribution in [3.05, 3.63) is 46.6 Å². The molecule has 7 nitrogen and oxygen atoms in total. The number of benzene rings is 1. The average molecular weight is 375 g/mol. The second-order valence-electron chi connectivity index (χ2n) is 6.07. The highest BCUT2D eigenvalue weighted by molar-refractivity contribution is 6.33. The first-order chi connectivity index (χ1) is 12.6. The Morgan fingerprint density at radius 2 is 1.92 bits per heavy atom. The van der Waals surface area contributed by atoms with Gasteiger partial charge in [0.15, 0.2) is 11.5 Å². The number of methoxy groups -OCH3 is 1. The molecule has 1 aromatic heterocycles. The molecule has 1 amide bonds. The van der Waals surface area contributed by atoms with Crippen LogP contribution in [0.2, 0.25) is 5.02 Å². The lowest BCUT2D eigenvalue weighted by Gasteiger charge is -2.12. The first kappa shape index (κ1) is 18.1. The molecule has 0 radical (unpaired) electrons. The molecule has 0 spiro atoms. The zero-order valence-corrected chi connectivity index (χ0v) is 15.0. The van der Waals surface area contributed by atoms with E-state index in [0.29, 0.717) is 22.1 Å². The summed E-state index contributed by atoms with van der Waals surface area (Å²) in [7, 11) is 1.31. The summed E-state index contributed by atoms with van der Waals surface area (Å²) in [6.45, 7) is 0. The smallest absolute Gasteiger partial charge is 0.337 e. The van der Waals surface area contributed by atoms with E-state index < -0.39 is 5.97 Å². The normalized spacial score (nSPS) is 14.1. The van der Waals surface area contributed by atoms with Crippen molar-refractivity contribution in [2.75, 3.05) is 12.4 Å². The lowest BCUT2D eigenvalue weighted by Crippen LogP contribution is -2.33. The van der Waals surface area contributed by atoms with Crippen LogP contribution in [0.4, 0.5) is 11.5 Å². The van der Waals surface area contributed by atoms with E-state index in [9.17, 15) is 9.59 Å². The van der Waals surface area contributed by atoms with Crippen LogP contribution in [0.1, 0.15) is 46.5 Å². The van der Waals surface area contributed by atoms with E-state index in [2.05, 4.69) is 20.8 Å². The van der Waals surface area contributed by atoms with Crippen molar-refractivity contribution < 1.29 is 14.3 Å². The zero-order chi connectivity index (χ0) is 18.5. The Kier molecular flexibility index (Phi) is 5.68. The van der Waals surface area contributed by atoms with E-state index in [0.717, 1.165) is 25.7 Å². The molecule has 0 atom stereocenters. The predicted octanol–water partition coefficient (Wildman–Crippen LogP) is 3.33. The van der Waals surface area contributed by atoms with Crippen LogP contribution in [-0.4, -0.2) is 35.2 Å². The van der Waals surface area contributed by atoms with Gasteiger partial charge >= 0.3 is 5.97 Å². The monoisotopic (exact) mass is 374 g/mol. The fourth-order valence-electron chi connectivity index (χ4n) is 2.85. The van der Waals surface area contributed by atoms with Crippen LogP contribution in [0.25, 0.3) is 0 Å². The summed E-state index contributed by atoms with van der Waals surface area (Å²) in [5.74, 6) is -0.275. The molecule has 0 aliphatic heterocycles. The van der Waals surface area contributed by atoms with Crippen molar-refractivity contribution >= 4 is 35.0 Å². The van der Waals surface area contributed by atoms with Crippen molar-refractivity contribution in [3.63, 3.8) is 0 Å². The molecule has 2 aromatic rings. The Balaban J connectivity index is 1.69. The number of amides is 1. The molecule has 1 heterocycles. The fourth-order valence-corrected chi connectivity index (χ4v) is 3.02. The highest BCUT2D eigenvalue weighted by Crippen LogP contribution is 2.26. The van der Waals surface area contributed by atoms with Gasteiger partial charge in [-0.1, -0.05) is 24.4 Å². The predicted molar refractivity (Wildman–Crippen MR) is 97.8 cm³/mol. The fraction of sp³-hybridized carbons (Fsp3) is 0.333. The summed E-state index contributed by atoms with van der Waals surface area (Å²) >= 11 is 6.14. The number of anilines is 2. The highest BCUT2D eigenvalue weighted by Gasteiger charge is 2.19. The molecule has 0 unspecified atom stereocenters. The van der Waals surface area contributed by atoms with Crippen LogP contribution in [0, 0.1) is 0 Å². The van der Waals surface area contributed by atoms with Crippen LogP contribution >= 0.6 is 11.6 Å². The second-order valence-corrected chi connectivity index (χ2v) is 6.48. The zero-order valence-electron chi connectivity index (χ0n) is 14.3. The maximum absolute atomic E-state index is 12.2. The SMILES string of the molecule is COC(=O)c1ccc(Cl)c(Nc2ccc(C(=O)NC3CCCC3)nn2)c1. The number of halogens is 1. The molecular formula is C18H19ClN4O3. The lowest BCUT2D eigenvalue weighted by atomic mass is 10.2. The Morgan fingerprint density at radius 3 is 2.58 bits per heavy atom. The van der Waals surface area contributed by atoms with Crippen LogP contribution < -0.4 is 10.6 Å². The second kappa shape index (κ2) is 8.14. The van der Waals surface area contributed by atoms with Crippen molar-refractivity contribution in [2.24, 2.45) is 0 Å². The first-order valence-corrected chi connectivity index (χ1v) is 8.74. The molecule has 8 heteroatoms. The van der Waals surface area contributed by atoms with E-state index in [1.165, 1.54) is 7.11 Å². The average Bonchev–Trinajstić information content (AvgIpc) is 3.16. The number of hydrogen-bond acceptors (Lipinski definition) is 6. The summed E-state index contributed by atoms with van der Waals surface area (Å²) in [6, 6.07) is 8.18. The van der Waals surface area contributed by atoms with Crippen LogP contribution in [0.15, 0.2) is 30.3 Å². The molecule has 1 saturated carbocycles. The lowest BCUT2D eigenvalue weighted by molar-refractivity contribution is 0.0600. The summed E-state index contributed by atoms with van der Waals surface area (Å²) in [6.07, 6.45) is 4.30. The molecule has 3 rings (SSSR count). The summed E-state index contributed by atoms with van der Waals surface area (Å²) < 4.78 is 4.70. The summed E-state index contributed by atoms with van der Waals surface area (Å²) in [5, 5.41) is 14.3. The molecule has 2 N–H and O–H groups in total. The van der Waals surface area contributed by atoms with E-state index in [1.807, 2.05) is 0 Å². The van der Waals surface area contributed by atoms with Gasteiger partial charge in [-0.2, -0.15) is 0 Å². The number of carbonyl (C=O) groups excluding carboxylic acids is 2. The van der Waals surface area contributed by atoms with Crippen LogP contribution in [-0.2, 0) is 4.74 Å². The molecule has 1 fully saturated rings. The quantitative estimate of drug-likeness (QED) is 0.780. The van der Waals surface area contributed by atoms with Gasteiger partial charge in [0.1, 0.15) is 0 Å².